The Balaban J connectivity index is 2.13. The Hall–Kier alpha value is -0.900. The topological polar surface area (TPSA) is 63.4 Å². The van der Waals surface area contributed by atoms with Gasteiger partial charge in [0.1, 0.15) is 0 Å². The van der Waals surface area contributed by atoms with Gasteiger partial charge in [0.05, 0.1) is 12.5 Å². The van der Waals surface area contributed by atoms with Crippen LogP contribution in [-0.2, 0) is 9.59 Å². The summed E-state index contributed by atoms with van der Waals surface area (Å²) in [6, 6.07) is -0.429. The highest BCUT2D eigenvalue weighted by molar-refractivity contribution is 6.05. The molecule has 13 heavy (non-hydrogen) atoms. The summed E-state index contributed by atoms with van der Waals surface area (Å²) >= 11 is 0. The third-order valence-corrected chi connectivity index (χ3v) is 2.91. The second-order valence-corrected chi connectivity index (χ2v) is 3.85. The quantitative estimate of drug-likeness (QED) is 0.581. The molecule has 2 amide bonds. The maximum atomic E-state index is 11.5. The van der Waals surface area contributed by atoms with Crippen molar-refractivity contribution < 1.29 is 9.59 Å². The number of amides is 2. The van der Waals surface area contributed by atoms with Crippen LogP contribution in [0.15, 0.2) is 0 Å². The summed E-state index contributed by atoms with van der Waals surface area (Å²) in [4.78, 5) is 24.3. The Morgan fingerprint density at radius 1 is 1.23 bits per heavy atom. The van der Waals surface area contributed by atoms with Crippen LogP contribution in [0.3, 0.4) is 0 Å². The molecule has 4 heteroatoms. The fraction of sp³-hybridized carbons (Fsp3) is 0.778. The normalized spacial score (nSPS) is 30.5. The molecule has 2 rings (SSSR count). The molecule has 1 saturated carbocycles. The third-order valence-electron chi connectivity index (χ3n) is 2.91. The van der Waals surface area contributed by atoms with Crippen LogP contribution in [0.1, 0.15) is 32.1 Å². The lowest BCUT2D eigenvalue weighted by Gasteiger charge is -2.21. The second-order valence-electron chi connectivity index (χ2n) is 3.85. The molecule has 0 bridgehead atoms. The van der Waals surface area contributed by atoms with Crippen molar-refractivity contribution in [3.8, 4) is 0 Å². The predicted octanol–water partition coefficient (Wildman–Crippen LogP) is 0.0152. The van der Waals surface area contributed by atoms with Crippen LogP contribution in [0.4, 0.5) is 0 Å². The van der Waals surface area contributed by atoms with E-state index < -0.39 is 6.04 Å². The molecule has 0 spiro atoms. The average molecular weight is 182 g/mol. The number of carbonyl (C=O) groups is 2. The van der Waals surface area contributed by atoms with E-state index in [1.807, 2.05) is 0 Å². The van der Waals surface area contributed by atoms with Crippen molar-refractivity contribution in [1.29, 1.82) is 0 Å². The molecular weight excluding hydrogens is 168 g/mol. The summed E-state index contributed by atoms with van der Waals surface area (Å²) in [6.07, 6.45) is 4.37. The van der Waals surface area contributed by atoms with Gasteiger partial charge in [-0.3, -0.25) is 14.5 Å². The largest absolute Gasteiger partial charge is 0.319 e. The lowest BCUT2D eigenvalue weighted by molar-refractivity contribution is -0.141. The Morgan fingerprint density at radius 3 is 2.31 bits per heavy atom. The number of hydrogen-bond acceptors (Lipinski definition) is 3. The minimum absolute atomic E-state index is 0.0793. The fourth-order valence-corrected chi connectivity index (χ4v) is 2.22. The number of nitrogens with two attached hydrogens (primary N) is 1. The first-order valence-electron chi connectivity index (χ1n) is 4.81. The van der Waals surface area contributed by atoms with Crippen LogP contribution < -0.4 is 5.73 Å². The summed E-state index contributed by atoms with van der Waals surface area (Å²) in [5.41, 5.74) is 5.51. The van der Waals surface area contributed by atoms with Crippen molar-refractivity contribution in [2.45, 2.75) is 44.2 Å². The average Bonchev–Trinajstić information content (AvgIpc) is 2.63. The highest BCUT2D eigenvalue weighted by Crippen LogP contribution is 2.27. The van der Waals surface area contributed by atoms with Gasteiger partial charge >= 0.3 is 0 Å². The zero-order valence-corrected chi connectivity index (χ0v) is 7.53. The van der Waals surface area contributed by atoms with E-state index in [0.29, 0.717) is 0 Å². The predicted molar refractivity (Wildman–Crippen MR) is 46.7 cm³/mol. The highest BCUT2D eigenvalue weighted by atomic mass is 16.2. The second kappa shape index (κ2) is 3.10. The number of likely N-dealkylation sites (tertiary alicyclic amines) is 1. The van der Waals surface area contributed by atoms with Crippen LogP contribution in [-0.4, -0.2) is 28.8 Å². The molecule has 72 valence electrons. The minimum atomic E-state index is -0.576. The highest BCUT2D eigenvalue weighted by Gasteiger charge is 2.40. The van der Waals surface area contributed by atoms with Gasteiger partial charge in [0.15, 0.2) is 0 Å². The maximum absolute atomic E-state index is 11.5. The van der Waals surface area contributed by atoms with Crippen molar-refractivity contribution in [3.05, 3.63) is 0 Å². The molecule has 1 atom stereocenters. The standard InChI is InChI=1S/C9H14N2O2/c10-7-5-8(12)11(9(7)13)6-3-1-2-4-6/h6-7H,1-5,10H2/t7-/m0/s1. The lowest BCUT2D eigenvalue weighted by atomic mass is 10.2. The van der Waals surface area contributed by atoms with Gasteiger partial charge < -0.3 is 5.73 Å². The summed E-state index contributed by atoms with van der Waals surface area (Å²) in [6.45, 7) is 0. The first-order valence-corrected chi connectivity index (χ1v) is 4.81. The minimum Gasteiger partial charge on any atom is -0.319 e. The van der Waals surface area contributed by atoms with Gasteiger partial charge in [-0.25, -0.2) is 0 Å². The maximum Gasteiger partial charge on any atom is 0.246 e. The molecule has 0 aromatic heterocycles. The van der Waals surface area contributed by atoms with E-state index in [-0.39, 0.29) is 24.3 Å². The van der Waals surface area contributed by atoms with E-state index in [0.717, 1.165) is 25.7 Å². The monoisotopic (exact) mass is 182 g/mol. The Kier molecular flexibility index (Phi) is 2.07. The number of nitrogens with zero attached hydrogens (tertiary/aromatic N) is 1. The first kappa shape index (κ1) is 8.69. The van der Waals surface area contributed by atoms with Crippen LogP contribution in [0.2, 0.25) is 0 Å². The molecule has 1 aliphatic heterocycles. The van der Waals surface area contributed by atoms with Gasteiger partial charge in [-0.1, -0.05) is 12.8 Å². The molecule has 1 heterocycles. The summed E-state index contributed by atoms with van der Waals surface area (Å²) in [5, 5.41) is 0. The number of carbonyl (C=O) groups excluding carboxylic acids is 2. The van der Waals surface area contributed by atoms with E-state index in [1.54, 1.807) is 0 Å². The SMILES string of the molecule is N[C@H]1CC(=O)N(C2CCCC2)C1=O. The number of rotatable bonds is 1. The van der Waals surface area contributed by atoms with E-state index in [4.69, 9.17) is 5.73 Å². The van der Waals surface area contributed by atoms with Crippen LogP contribution in [0, 0.1) is 0 Å². The van der Waals surface area contributed by atoms with Crippen molar-refractivity contribution in [2.75, 3.05) is 0 Å². The molecule has 1 aliphatic carbocycles. The van der Waals surface area contributed by atoms with Gasteiger partial charge in [-0.15, -0.1) is 0 Å². The van der Waals surface area contributed by atoms with Crippen molar-refractivity contribution >= 4 is 11.8 Å². The molecule has 0 radical (unpaired) electrons. The number of imide groups is 1. The molecule has 2 aliphatic rings. The molecule has 0 unspecified atom stereocenters. The van der Waals surface area contributed by atoms with Gasteiger partial charge in [0.2, 0.25) is 11.8 Å². The summed E-state index contributed by atoms with van der Waals surface area (Å²) < 4.78 is 0. The number of hydrogen-bond donors (Lipinski definition) is 1. The Bertz CT molecular complexity index is 246. The smallest absolute Gasteiger partial charge is 0.246 e. The Morgan fingerprint density at radius 2 is 1.85 bits per heavy atom. The Labute approximate surface area is 77.1 Å². The summed E-state index contributed by atoms with van der Waals surface area (Å²) in [5.74, 6) is -0.249. The zero-order chi connectivity index (χ0) is 9.42. The van der Waals surface area contributed by atoms with Crippen LogP contribution in [0.25, 0.3) is 0 Å². The van der Waals surface area contributed by atoms with E-state index in [2.05, 4.69) is 0 Å². The van der Waals surface area contributed by atoms with E-state index in [1.165, 1.54) is 4.90 Å². The third kappa shape index (κ3) is 1.35. The van der Waals surface area contributed by atoms with Gasteiger partial charge in [0.25, 0.3) is 0 Å². The first-order chi connectivity index (χ1) is 6.20. The van der Waals surface area contributed by atoms with Crippen molar-refractivity contribution in [2.24, 2.45) is 5.73 Å². The van der Waals surface area contributed by atoms with Crippen LogP contribution in [0.5, 0.6) is 0 Å². The molecule has 4 nitrogen and oxygen atoms in total. The molecule has 2 N–H and O–H groups in total. The van der Waals surface area contributed by atoms with Gasteiger partial charge in [-0.05, 0) is 12.8 Å². The lowest BCUT2D eigenvalue weighted by Crippen LogP contribution is -2.41. The van der Waals surface area contributed by atoms with E-state index >= 15 is 0 Å². The molecule has 0 aromatic rings. The van der Waals surface area contributed by atoms with Crippen molar-refractivity contribution in [3.63, 3.8) is 0 Å². The van der Waals surface area contributed by atoms with E-state index in [9.17, 15) is 9.59 Å². The van der Waals surface area contributed by atoms with Gasteiger partial charge in [-0.2, -0.15) is 0 Å². The van der Waals surface area contributed by atoms with Crippen LogP contribution >= 0.6 is 0 Å². The van der Waals surface area contributed by atoms with Gasteiger partial charge in [0, 0.05) is 6.04 Å². The molecule has 2 fully saturated rings. The van der Waals surface area contributed by atoms with Crippen molar-refractivity contribution in [1.82, 2.24) is 4.90 Å². The molecular formula is C9H14N2O2. The summed E-state index contributed by atoms with van der Waals surface area (Å²) in [7, 11) is 0. The fourth-order valence-electron chi connectivity index (χ4n) is 2.22. The molecule has 0 aromatic carbocycles. The zero-order valence-electron chi connectivity index (χ0n) is 7.53. The molecule has 1 saturated heterocycles.